The third-order valence-corrected chi connectivity index (χ3v) is 9.73. The highest BCUT2D eigenvalue weighted by Crippen LogP contribution is 2.64. The Balaban J connectivity index is 0.916. The first-order valence-electron chi connectivity index (χ1n) is 13.8. The normalized spacial score (nSPS) is 41.8. The van der Waals surface area contributed by atoms with Gasteiger partial charge in [0, 0.05) is 31.2 Å². The lowest BCUT2D eigenvalue weighted by molar-refractivity contribution is -0.390. The zero-order valence-electron chi connectivity index (χ0n) is 20.8. The third kappa shape index (κ3) is 4.06. The van der Waals surface area contributed by atoms with Crippen LogP contribution < -0.4 is 10.1 Å². The monoisotopic (exact) mass is 496 g/mol. The van der Waals surface area contributed by atoms with E-state index < -0.39 is 11.6 Å². The summed E-state index contributed by atoms with van der Waals surface area (Å²) >= 11 is 0. The molecule has 8 nitrogen and oxygen atoms in total. The molecule has 8 heteroatoms. The predicted octanol–water partition coefficient (Wildman–Crippen LogP) is 3.51. The van der Waals surface area contributed by atoms with Crippen LogP contribution in [0.25, 0.3) is 0 Å². The van der Waals surface area contributed by atoms with E-state index in [-0.39, 0.29) is 24.9 Å². The number of nitrogens with one attached hydrogen (secondary N) is 1. The Morgan fingerprint density at radius 3 is 2.17 bits per heavy atom. The maximum atomic E-state index is 11.5. The van der Waals surface area contributed by atoms with Gasteiger partial charge in [0.25, 0.3) is 0 Å². The zero-order valence-corrected chi connectivity index (χ0v) is 20.8. The Bertz CT molecular complexity index is 973. The lowest BCUT2D eigenvalue weighted by atomic mass is 9.53. The second kappa shape index (κ2) is 8.79. The van der Waals surface area contributed by atoms with Crippen LogP contribution >= 0.6 is 0 Å². The summed E-state index contributed by atoms with van der Waals surface area (Å²) < 4.78 is 12.7. The van der Waals surface area contributed by atoms with Crippen molar-refractivity contribution in [2.45, 2.75) is 75.3 Å². The second-order valence-corrected chi connectivity index (χ2v) is 12.1. The van der Waals surface area contributed by atoms with E-state index >= 15 is 0 Å². The van der Waals surface area contributed by atoms with Gasteiger partial charge in [-0.15, -0.1) is 0 Å². The Morgan fingerprint density at radius 1 is 0.889 bits per heavy atom. The lowest BCUT2D eigenvalue weighted by Crippen LogP contribution is -2.59. The fraction of sp³-hybridized carbons (Fsp3) is 0.714. The maximum Gasteiger partial charge on any atom is 0.240 e. The summed E-state index contributed by atoms with van der Waals surface area (Å²) in [6.07, 6.45) is 10.2. The highest BCUT2D eigenvalue weighted by Gasteiger charge is 2.66. The predicted molar refractivity (Wildman–Crippen MR) is 128 cm³/mol. The van der Waals surface area contributed by atoms with Gasteiger partial charge in [-0.25, -0.2) is 0 Å². The Morgan fingerprint density at radius 2 is 1.53 bits per heavy atom. The lowest BCUT2D eigenvalue weighted by Gasteiger charge is -2.57. The third-order valence-electron chi connectivity index (χ3n) is 9.73. The van der Waals surface area contributed by atoms with Crippen LogP contribution in [0.3, 0.4) is 0 Å². The Kier molecular flexibility index (Phi) is 5.65. The number of benzene rings is 1. The zero-order chi connectivity index (χ0) is 24.3. The largest absolute Gasteiger partial charge is 0.492 e. The van der Waals surface area contributed by atoms with Gasteiger partial charge in [0.05, 0.1) is 13.1 Å². The van der Waals surface area contributed by atoms with Gasteiger partial charge in [0.15, 0.2) is 0 Å². The van der Waals surface area contributed by atoms with Crippen molar-refractivity contribution < 1.29 is 28.8 Å². The summed E-state index contributed by atoms with van der Waals surface area (Å²) in [5, 5.41) is 2.31. The van der Waals surface area contributed by atoms with Gasteiger partial charge in [0.2, 0.25) is 23.4 Å². The van der Waals surface area contributed by atoms with E-state index in [1.807, 2.05) is 12.1 Å². The molecule has 1 aromatic carbocycles. The quantitative estimate of drug-likeness (QED) is 0.493. The van der Waals surface area contributed by atoms with Crippen molar-refractivity contribution in [1.82, 2.24) is 10.2 Å². The molecule has 0 unspecified atom stereocenters. The second-order valence-electron chi connectivity index (χ2n) is 12.1. The highest BCUT2D eigenvalue weighted by molar-refractivity contribution is 5.99. The smallest absolute Gasteiger partial charge is 0.240 e. The molecule has 2 saturated heterocycles. The van der Waals surface area contributed by atoms with E-state index in [1.165, 1.54) is 37.7 Å². The molecule has 8 rings (SSSR count). The summed E-state index contributed by atoms with van der Waals surface area (Å²) in [7, 11) is 0. The number of ether oxygens (including phenoxy) is 2. The minimum absolute atomic E-state index is 0.235. The van der Waals surface area contributed by atoms with Crippen LogP contribution in [-0.2, 0) is 24.1 Å². The minimum Gasteiger partial charge on any atom is -0.492 e. The molecule has 0 aromatic heterocycles. The number of rotatable bonds is 5. The van der Waals surface area contributed by atoms with Gasteiger partial charge in [-0.3, -0.25) is 19.8 Å². The number of carbonyl (C=O) groups excluding carboxylic acids is 2. The number of carbonyl (C=O) groups is 2. The summed E-state index contributed by atoms with van der Waals surface area (Å²) in [6.45, 7) is 1.45. The topological polar surface area (TPSA) is 86.3 Å². The van der Waals surface area contributed by atoms with E-state index in [4.69, 9.17) is 19.2 Å². The first-order valence-corrected chi connectivity index (χ1v) is 13.8. The molecule has 2 amide bonds. The average Bonchev–Trinajstić information content (AvgIpc) is 3.22. The van der Waals surface area contributed by atoms with E-state index in [9.17, 15) is 9.59 Å². The number of hydrogen-bond acceptors (Lipinski definition) is 7. The molecule has 5 aliphatic carbocycles. The van der Waals surface area contributed by atoms with Crippen LogP contribution in [0, 0.1) is 23.7 Å². The van der Waals surface area contributed by atoms with Crippen LogP contribution in [0.2, 0.25) is 0 Å². The van der Waals surface area contributed by atoms with Crippen LogP contribution in [0.1, 0.15) is 69.3 Å². The van der Waals surface area contributed by atoms with Gasteiger partial charge < -0.3 is 9.47 Å². The molecule has 0 radical (unpaired) electrons. The van der Waals surface area contributed by atoms with Gasteiger partial charge in [-0.05, 0) is 80.4 Å². The van der Waals surface area contributed by atoms with Gasteiger partial charge >= 0.3 is 0 Å². The van der Waals surface area contributed by atoms with Crippen molar-refractivity contribution in [3.05, 3.63) is 29.8 Å². The van der Waals surface area contributed by atoms with Crippen molar-refractivity contribution in [1.29, 1.82) is 0 Å². The van der Waals surface area contributed by atoms with E-state index in [0.717, 1.165) is 43.3 Å². The highest BCUT2D eigenvalue weighted by atomic mass is 17.3. The Hall–Kier alpha value is -2.00. The van der Waals surface area contributed by atoms with Crippen molar-refractivity contribution in [2.75, 3.05) is 26.2 Å². The summed E-state index contributed by atoms with van der Waals surface area (Å²) in [4.78, 5) is 37.0. The molecule has 7 aliphatic rings. The summed E-state index contributed by atoms with van der Waals surface area (Å²) in [6, 6.07) is 8.34. The van der Waals surface area contributed by atoms with Gasteiger partial charge in [0.1, 0.15) is 12.4 Å². The van der Waals surface area contributed by atoms with E-state index in [0.29, 0.717) is 30.9 Å². The van der Waals surface area contributed by atoms with Crippen molar-refractivity contribution >= 4 is 11.8 Å². The van der Waals surface area contributed by atoms with E-state index in [2.05, 4.69) is 17.4 Å². The van der Waals surface area contributed by atoms with Crippen LogP contribution in [0.4, 0.5) is 0 Å². The first kappa shape index (κ1) is 23.1. The van der Waals surface area contributed by atoms with Crippen molar-refractivity contribution in [3.8, 4) is 5.75 Å². The summed E-state index contributed by atoms with van der Waals surface area (Å²) in [5.41, 5.74) is 1.32. The standard InChI is InChI=1S/C28H36N2O6/c31-25-16-30(17-26(32)29-25)9-10-33-24-3-1-20(2-4-24)21-5-7-27(8-6-21)34-28(36-35-27)22-12-18-11-19(14-22)15-23(28)13-18/h1-4,18-19,21-23H,5-17H2,(H,29,31,32)/t18?,19?,21-,22?,23?,27+,28-. The van der Waals surface area contributed by atoms with Gasteiger partial charge in [-0.2, -0.15) is 9.78 Å². The SMILES string of the molecule is O=C1CN(CCOc2ccc([C@H]3CC[C@]4(CC3)OO[C@]3(O4)C4CC5CC(C4)CC3C5)cc2)CC(=O)N1. The fourth-order valence-corrected chi connectivity index (χ4v) is 8.17. The van der Waals surface area contributed by atoms with Crippen LogP contribution in [0.5, 0.6) is 5.75 Å². The molecule has 194 valence electrons. The number of imide groups is 1. The summed E-state index contributed by atoms with van der Waals surface area (Å²) in [5.74, 6) is 2.49. The molecule has 5 saturated carbocycles. The fourth-order valence-electron chi connectivity index (χ4n) is 8.17. The molecule has 0 atom stereocenters. The van der Waals surface area contributed by atoms with E-state index in [1.54, 1.807) is 4.90 Å². The molecule has 2 heterocycles. The molecule has 1 N–H and O–H groups in total. The molecule has 36 heavy (non-hydrogen) atoms. The molecular weight excluding hydrogens is 460 g/mol. The molecule has 7 fully saturated rings. The number of hydrogen-bond donors (Lipinski definition) is 1. The maximum absolute atomic E-state index is 11.5. The van der Waals surface area contributed by atoms with Crippen molar-refractivity contribution in [2.24, 2.45) is 23.7 Å². The first-order chi connectivity index (χ1) is 17.5. The molecular formula is C28H36N2O6. The molecule has 1 aromatic rings. The number of amides is 2. The van der Waals surface area contributed by atoms with Crippen LogP contribution in [0.15, 0.2) is 24.3 Å². The Labute approximate surface area is 211 Å². The van der Waals surface area contributed by atoms with Crippen LogP contribution in [-0.4, -0.2) is 54.5 Å². The molecule has 4 bridgehead atoms. The minimum atomic E-state index is -0.568. The van der Waals surface area contributed by atoms with Crippen molar-refractivity contribution in [3.63, 3.8) is 0 Å². The number of piperazine rings is 1. The molecule has 2 spiro atoms. The average molecular weight is 497 g/mol. The number of nitrogens with zero attached hydrogens (tertiary/aromatic N) is 1. The molecule has 2 aliphatic heterocycles. The van der Waals surface area contributed by atoms with Gasteiger partial charge in [-0.1, -0.05) is 12.1 Å².